The van der Waals surface area contributed by atoms with Crippen LogP contribution in [0.1, 0.15) is 35.9 Å². The maximum Gasteiger partial charge on any atom is 0.263 e. The predicted molar refractivity (Wildman–Crippen MR) is 94.1 cm³/mol. The maximum atomic E-state index is 12.5. The second-order valence-electron chi connectivity index (χ2n) is 5.83. The minimum absolute atomic E-state index is 0.0276. The highest BCUT2D eigenvalue weighted by Gasteiger charge is 2.23. The van der Waals surface area contributed by atoms with E-state index in [0.29, 0.717) is 9.90 Å². The summed E-state index contributed by atoms with van der Waals surface area (Å²) in [4.78, 5) is 15.6. The number of halogens is 1. The number of carbonyl (C=O) groups is 1. The van der Waals surface area contributed by atoms with Crippen molar-refractivity contribution >= 4 is 38.9 Å². The van der Waals surface area contributed by atoms with Gasteiger partial charge in [0.1, 0.15) is 4.88 Å². The fourth-order valence-corrected chi connectivity index (χ4v) is 4.45. The lowest BCUT2D eigenvalue weighted by atomic mass is 10.0. The molecule has 0 spiro atoms. The molecule has 1 amide bonds. The first-order valence-corrected chi connectivity index (χ1v) is 9.08. The van der Waals surface area contributed by atoms with E-state index in [9.17, 15) is 4.79 Å². The number of likely N-dealkylation sites (tertiary alicyclic amines) is 1. The van der Waals surface area contributed by atoms with Crippen molar-refractivity contribution < 1.29 is 4.79 Å². The Kier molecular flexibility index (Phi) is 5.01. The minimum atomic E-state index is -0.0276. The molecule has 3 nitrogen and oxygen atoms in total. The molecule has 118 valence electrons. The molecule has 2 aromatic rings. The van der Waals surface area contributed by atoms with Gasteiger partial charge < -0.3 is 10.2 Å². The van der Waals surface area contributed by atoms with E-state index in [4.69, 9.17) is 11.6 Å². The van der Waals surface area contributed by atoms with Crippen LogP contribution < -0.4 is 5.32 Å². The lowest BCUT2D eigenvalue weighted by Crippen LogP contribution is -2.44. The smallest absolute Gasteiger partial charge is 0.263 e. The van der Waals surface area contributed by atoms with Crippen molar-refractivity contribution in [3.05, 3.63) is 34.2 Å². The molecule has 0 bridgehead atoms. The summed E-state index contributed by atoms with van der Waals surface area (Å²) < 4.78 is 1.07. The summed E-state index contributed by atoms with van der Waals surface area (Å²) in [6.07, 6.45) is 3.23. The van der Waals surface area contributed by atoms with E-state index in [2.05, 4.69) is 17.1 Å². The van der Waals surface area contributed by atoms with Gasteiger partial charge in [-0.15, -0.1) is 11.3 Å². The molecule has 3 rings (SSSR count). The Balaban J connectivity index is 1.65. The third kappa shape index (κ3) is 3.29. The van der Waals surface area contributed by atoms with Gasteiger partial charge in [0.25, 0.3) is 5.91 Å². The summed E-state index contributed by atoms with van der Waals surface area (Å²) in [5, 5.41) is 4.71. The Morgan fingerprint density at radius 3 is 2.77 bits per heavy atom. The summed E-state index contributed by atoms with van der Waals surface area (Å²) in [7, 11) is 0. The van der Waals surface area contributed by atoms with Crippen molar-refractivity contribution in [1.82, 2.24) is 10.2 Å². The fraction of sp³-hybridized carbons (Fsp3) is 0.471. The number of carbonyl (C=O) groups excluding carboxylic acids is 1. The maximum absolute atomic E-state index is 12.5. The molecular formula is C17H21ClN2OS. The van der Waals surface area contributed by atoms with Gasteiger partial charge in [0, 0.05) is 29.2 Å². The average Bonchev–Trinajstić information content (AvgIpc) is 2.87. The van der Waals surface area contributed by atoms with Gasteiger partial charge in [-0.2, -0.15) is 0 Å². The highest BCUT2D eigenvalue weighted by atomic mass is 35.5. The number of piperidine rings is 1. The van der Waals surface area contributed by atoms with Gasteiger partial charge in [-0.1, -0.05) is 36.7 Å². The summed E-state index contributed by atoms with van der Waals surface area (Å²) >= 11 is 7.85. The van der Waals surface area contributed by atoms with Crippen LogP contribution in [0.25, 0.3) is 10.1 Å². The Bertz CT molecular complexity index is 662. The lowest BCUT2D eigenvalue weighted by molar-refractivity contribution is 0.0915. The molecule has 22 heavy (non-hydrogen) atoms. The zero-order valence-electron chi connectivity index (χ0n) is 12.8. The number of hydrogen-bond acceptors (Lipinski definition) is 3. The Hall–Kier alpha value is -1.10. The van der Waals surface area contributed by atoms with Crippen LogP contribution >= 0.6 is 22.9 Å². The fourth-order valence-electron chi connectivity index (χ4n) is 3.03. The molecule has 0 unspecified atom stereocenters. The molecule has 1 aromatic carbocycles. The van der Waals surface area contributed by atoms with Gasteiger partial charge in [0.05, 0.1) is 5.02 Å². The van der Waals surface area contributed by atoms with Crippen LogP contribution in [0.15, 0.2) is 24.3 Å². The van der Waals surface area contributed by atoms with E-state index in [0.717, 1.165) is 42.6 Å². The molecule has 5 heteroatoms. The van der Waals surface area contributed by atoms with Crippen LogP contribution in [0.3, 0.4) is 0 Å². The van der Waals surface area contributed by atoms with Gasteiger partial charge in [-0.3, -0.25) is 4.79 Å². The Labute approximate surface area is 140 Å². The third-order valence-electron chi connectivity index (χ3n) is 4.20. The van der Waals surface area contributed by atoms with Crippen LogP contribution in [-0.4, -0.2) is 36.5 Å². The van der Waals surface area contributed by atoms with E-state index < -0.39 is 0 Å². The van der Waals surface area contributed by atoms with E-state index in [1.165, 1.54) is 17.8 Å². The average molecular weight is 337 g/mol. The van der Waals surface area contributed by atoms with Crippen molar-refractivity contribution in [2.75, 3.05) is 19.6 Å². The minimum Gasteiger partial charge on any atom is -0.348 e. The number of fused-ring (bicyclic) bond motifs is 1. The number of amides is 1. The molecule has 1 fully saturated rings. The Morgan fingerprint density at radius 1 is 1.36 bits per heavy atom. The number of nitrogens with zero attached hydrogens (tertiary/aromatic N) is 1. The van der Waals surface area contributed by atoms with Crippen molar-refractivity contribution in [3.63, 3.8) is 0 Å². The van der Waals surface area contributed by atoms with Crippen molar-refractivity contribution in [2.24, 2.45) is 0 Å². The van der Waals surface area contributed by atoms with E-state index in [1.807, 2.05) is 24.3 Å². The molecule has 0 radical (unpaired) electrons. The van der Waals surface area contributed by atoms with E-state index in [1.54, 1.807) is 0 Å². The molecule has 2 heterocycles. The zero-order chi connectivity index (χ0) is 15.5. The first-order chi connectivity index (χ1) is 10.7. The summed E-state index contributed by atoms with van der Waals surface area (Å²) in [6, 6.07) is 8.16. The second kappa shape index (κ2) is 6.99. The van der Waals surface area contributed by atoms with Gasteiger partial charge in [0.2, 0.25) is 0 Å². The van der Waals surface area contributed by atoms with Gasteiger partial charge in [-0.05, 0) is 31.9 Å². The van der Waals surface area contributed by atoms with Gasteiger partial charge >= 0.3 is 0 Å². The van der Waals surface area contributed by atoms with E-state index in [-0.39, 0.29) is 11.9 Å². The first-order valence-electron chi connectivity index (χ1n) is 7.89. The quantitative estimate of drug-likeness (QED) is 0.909. The van der Waals surface area contributed by atoms with Crippen LogP contribution in [-0.2, 0) is 0 Å². The van der Waals surface area contributed by atoms with Crippen molar-refractivity contribution in [2.45, 2.75) is 32.2 Å². The predicted octanol–water partition coefficient (Wildman–Crippen LogP) is 4.16. The van der Waals surface area contributed by atoms with Crippen LogP contribution in [0.4, 0.5) is 0 Å². The van der Waals surface area contributed by atoms with Crippen LogP contribution in [0.5, 0.6) is 0 Å². The van der Waals surface area contributed by atoms with Crippen LogP contribution in [0.2, 0.25) is 5.02 Å². The SMILES string of the molecule is CCCN1CCC(NC(=O)c2sc3ccccc3c2Cl)CC1. The second-order valence-corrected chi connectivity index (χ2v) is 7.26. The largest absolute Gasteiger partial charge is 0.348 e. The standard InChI is InChI=1S/C17H21ClN2OS/c1-2-9-20-10-7-12(8-11-20)19-17(21)16-15(18)13-5-3-4-6-14(13)22-16/h3-6,12H,2,7-11H2,1H3,(H,19,21). The number of benzene rings is 1. The van der Waals surface area contributed by atoms with E-state index >= 15 is 0 Å². The van der Waals surface area contributed by atoms with Crippen molar-refractivity contribution in [1.29, 1.82) is 0 Å². The summed E-state index contributed by atoms with van der Waals surface area (Å²) in [5.41, 5.74) is 0. The van der Waals surface area contributed by atoms with Crippen molar-refractivity contribution in [3.8, 4) is 0 Å². The first kappa shape index (κ1) is 15.8. The van der Waals surface area contributed by atoms with Crippen LogP contribution in [0, 0.1) is 0 Å². The molecule has 1 aromatic heterocycles. The molecule has 1 aliphatic heterocycles. The summed E-state index contributed by atoms with van der Waals surface area (Å²) in [5.74, 6) is -0.0276. The molecule has 0 aliphatic carbocycles. The molecule has 0 atom stereocenters. The topological polar surface area (TPSA) is 32.3 Å². The number of thiophene rings is 1. The normalized spacial score (nSPS) is 17.0. The highest BCUT2D eigenvalue weighted by Crippen LogP contribution is 2.35. The third-order valence-corrected chi connectivity index (χ3v) is 5.88. The van der Waals surface area contributed by atoms with Gasteiger partial charge in [0.15, 0.2) is 0 Å². The highest BCUT2D eigenvalue weighted by molar-refractivity contribution is 7.21. The molecule has 1 N–H and O–H groups in total. The number of nitrogens with one attached hydrogen (secondary N) is 1. The molecular weight excluding hydrogens is 316 g/mol. The van der Waals surface area contributed by atoms with Gasteiger partial charge in [-0.25, -0.2) is 0 Å². The Morgan fingerprint density at radius 2 is 2.09 bits per heavy atom. The zero-order valence-corrected chi connectivity index (χ0v) is 14.3. The molecule has 0 saturated carbocycles. The lowest BCUT2D eigenvalue weighted by Gasteiger charge is -2.32. The molecule has 1 saturated heterocycles. The number of hydrogen-bond donors (Lipinski definition) is 1. The monoisotopic (exact) mass is 336 g/mol. The number of rotatable bonds is 4. The molecule has 1 aliphatic rings. The summed E-state index contributed by atoms with van der Waals surface area (Å²) in [6.45, 7) is 5.50.